The highest BCUT2D eigenvalue weighted by molar-refractivity contribution is 5.63. The number of rotatable bonds is 3. The maximum absolute atomic E-state index is 13.2. The number of alkyl halides is 6. The molecule has 0 amide bonds. The Morgan fingerprint density at radius 2 is 1.77 bits per heavy atom. The lowest BCUT2D eigenvalue weighted by atomic mass is 10.1. The molecular formula is C20H15F6N3O2. The zero-order valence-corrected chi connectivity index (χ0v) is 15.8. The first kappa shape index (κ1) is 21.2. The van der Waals surface area contributed by atoms with Crippen molar-refractivity contribution in [3.05, 3.63) is 75.2 Å². The smallest absolute Gasteiger partial charge is 0.449 e. The fraction of sp³-hybridized carbons (Fsp3) is 0.300. The highest BCUT2D eigenvalue weighted by Crippen LogP contribution is 2.37. The molecule has 1 aliphatic heterocycles. The van der Waals surface area contributed by atoms with Gasteiger partial charge >= 0.3 is 12.4 Å². The van der Waals surface area contributed by atoms with Gasteiger partial charge in [-0.15, -0.1) is 0 Å². The number of H-pyrrole nitrogens is 1. The molecule has 0 atom stereocenters. The maximum atomic E-state index is 13.2. The normalized spacial score (nSPS) is 15.2. The molecule has 1 N–H and O–H groups in total. The van der Waals surface area contributed by atoms with E-state index in [2.05, 4.69) is 4.98 Å². The van der Waals surface area contributed by atoms with E-state index in [1.165, 1.54) is 30.3 Å². The van der Waals surface area contributed by atoms with E-state index in [9.17, 15) is 31.1 Å². The van der Waals surface area contributed by atoms with Crippen molar-refractivity contribution < 1.29 is 30.8 Å². The Morgan fingerprint density at radius 1 is 1.03 bits per heavy atom. The Morgan fingerprint density at radius 3 is 2.48 bits per heavy atom. The SMILES string of the molecule is O=c1[nH]c(C(F)(F)F)nc2c1CN(Cc1ccc(-c3ccccc3C(F)(F)F)o1)CC2. The van der Waals surface area contributed by atoms with E-state index in [1.807, 2.05) is 0 Å². The molecule has 2 aromatic heterocycles. The van der Waals surface area contributed by atoms with E-state index >= 15 is 0 Å². The molecule has 11 heteroatoms. The second kappa shape index (κ2) is 7.56. The number of nitrogens with zero attached hydrogens (tertiary/aromatic N) is 2. The summed E-state index contributed by atoms with van der Waals surface area (Å²) in [4.78, 5) is 19.1. The fourth-order valence-electron chi connectivity index (χ4n) is 3.52. The number of benzene rings is 1. The predicted molar refractivity (Wildman–Crippen MR) is 96.8 cm³/mol. The molecule has 31 heavy (non-hydrogen) atoms. The summed E-state index contributed by atoms with van der Waals surface area (Å²) in [5.41, 5.74) is -1.55. The molecule has 0 saturated heterocycles. The predicted octanol–water partition coefficient (Wildman–Crippen LogP) is 4.63. The molecule has 0 radical (unpaired) electrons. The van der Waals surface area contributed by atoms with Gasteiger partial charge in [-0.1, -0.05) is 18.2 Å². The van der Waals surface area contributed by atoms with Crippen LogP contribution in [0.15, 0.2) is 45.6 Å². The van der Waals surface area contributed by atoms with Gasteiger partial charge in [-0.05, 0) is 18.2 Å². The molecule has 0 unspecified atom stereocenters. The third kappa shape index (κ3) is 4.36. The second-order valence-electron chi connectivity index (χ2n) is 7.11. The van der Waals surface area contributed by atoms with E-state index in [0.29, 0.717) is 12.3 Å². The lowest BCUT2D eigenvalue weighted by Gasteiger charge is -2.27. The minimum Gasteiger partial charge on any atom is -0.460 e. The molecule has 0 saturated carbocycles. The molecule has 3 aromatic rings. The van der Waals surface area contributed by atoms with Crippen molar-refractivity contribution in [1.29, 1.82) is 0 Å². The number of hydrogen-bond donors (Lipinski definition) is 1. The third-order valence-corrected chi connectivity index (χ3v) is 4.96. The van der Waals surface area contributed by atoms with Crippen LogP contribution in [0.5, 0.6) is 0 Å². The summed E-state index contributed by atoms with van der Waals surface area (Å²) in [6.07, 6.45) is -9.15. The summed E-state index contributed by atoms with van der Waals surface area (Å²) in [5.74, 6) is -0.912. The van der Waals surface area contributed by atoms with Gasteiger partial charge in [0.15, 0.2) is 0 Å². The summed E-state index contributed by atoms with van der Waals surface area (Å²) in [6.45, 7) is 0.537. The molecule has 0 spiro atoms. The van der Waals surface area contributed by atoms with Crippen molar-refractivity contribution in [2.75, 3.05) is 6.54 Å². The van der Waals surface area contributed by atoms with Crippen LogP contribution in [0.4, 0.5) is 26.3 Å². The summed E-state index contributed by atoms with van der Waals surface area (Å²) >= 11 is 0. The average Bonchev–Trinajstić information content (AvgIpc) is 3.15. The Kier molecular flexibility index (Phi) is 5.16. The second-order valence-corrected chi connectivity index (χ2v) is 7.11. The molecular weight excluding hydrogens is 428 g/mol. The Labute approximate surface area is 171 Å². The molecule has 0 aliphatic carbocycles. The van der Waals surface area contributed by atoms with Crippen LogP contribution in [0, 0.1) is 0 Å². The van der Waals surface area contributed by atoms with Crippen molar-refractivity contribution in [2.24, 2.45) is 0 Å². The number of nitrogens with one attached hydrogen (secondary N) is 1. The van der Waals surface area contributed by atoms with Crippen LogP contribution >= 0.6 is 0 Å². The number of aromatic nitrogens is 2. The van der Waals surface area contributed by atoms with E-state index in [-0.39, 0.29) is 42.1 Å². The van der Waals surface area contributed by atoms with Crippen LogP contribution in [-0.2, 0) is 31.9 Å². The van der Waals surface area contributed by atoms with Crippen LogP contribution in [0.2, 0.25) is 0 Å². The summed E-state index contributed by atoms with van der Waals surface area (Å²) in [5, 5.41) is 0. The van der Waals surface area contributed by atoms with Crippen LogP contribution in [-0.4, -0.2) is 21.4 Å². The van der Waals surface area contributed by atoms with Crippen LogP contribution < -0.4 is 5.56 Å². The summed E-state index contributed by atoms with van der Waals surface area (Å²) in [6, 6.07) is 8.01. The fourth-order valence-corrected chi connectivity index (χ4v) is 3.52. The van der Waals surface area contributed by atoms with Gasteiger partial charge in [0.2, 0.25) is 5.82 Å². The first-order valence-corrected chi connectivity index (χ1v) is 9.19. The van der Waals surface area contributed by atoms with Gasteiger partial charge in [-0.2, -0.15) is 26.3 Å². The lowest BCUT2D eigenvalue weighted by Crippen LogP contribution is -2.36. The van der Waals surface area contributed by atoms with Crippen molar-refractivity contribution >= 4 is 0 Å². The first-order chi connectivity index (χ1) is 14.5. The number of aromatic amines is 1. The maximum Gasteiger partial charge on any atom is 0.449 e. The van der Waals surface area contributed by atoms with Crippen molar-refractivity contribution in [3.63, 3.8) is 0 Å². The minimum atomic E-state index is -4.75. The Balaban J connectivity index is 1.54. The quantitative estimate of drug-likeness (QED) is 0.600. The summed E-state index contributed by atoms with van der Waals surface area (Å²) < 4.78 is 83.8. The van der Waals surface area contributed by atoms with Crippen molar-refractivity contribution in [1.82, 2.24) is 14.9 Å². The molecule has 4 rings (SSSR count). The zero-order chi connectivity index (χ0) is 22.4. The van der Waals surface area contributed by atoms with E-state index in [0.717, 1.165) is 6.07 Å². The molecule has 1 aliphatic rings. The molecule has 164 valence electrons. The van der Waals surface area contributed by atoms with Gasteiger partial charge in [0, 0.05) is 25.1 Å². The zero-order valence-electron chi connectivity index (χ0n) is 15.8. The largest absolute Gasteiger partial charge is 0.460 e. The van der Waals surface area contributed by atoms with Gasteiger partial charge in [-0.25, -0.2) is 4.98 Å². The molecule has 5 nitrogen and oxygen atoms in total. The minimum absolute atomic E-state index is 0.0466. The number of hydrogen-bond acceptors (Lipinski definition) is 4. The van der Waals surface area contributed by atoms with Gasteiger partial charge < -0.3 is 9.40 Å². The van der Waals surface area contributed by atoms with E-state index in [4.69, 9.17) is 4.42 Å². The lowest BCUT2D eigenvalue weighted by molar-refractivity contribution is -0.145. The number of fused-ring (bicyclic) bond motifs is 1. The van der Waals surface area contributed by atoms with E-state index in [1.54, 1.807) is 9.88 Å². The van der Waals surface area contributed by atoms with E-state index < -0.39 is 29.3 Å². The Hall–Kier alpha value is -3.08. The van der Waals surface area contributed by atoms with Gasteiger partial charge in [0.1, 0.15) is 11.5 Å². The summed E-state index contributed by atoms with van der Waals surface area (Å²) in [7, 11) is 0. The highest BCUT2D eigenvalue weighted by Gasteiger charge is 2.36. The monoisotopic (exact) mass is 443 g/mol. The van der Waals surface area contributed by atoms with Crippen LogP contribution in [0.3, 0.4) is 0 Å². The van der Waals surface area contributed by atoms with Crippen molar-refractivity contribution in [3.8, 4) is 11.3 Å². The van der Waals surface area contributed by atoms with Crippen LogP contribution in [0.25, 0.3) is 11.3 Å². The highest BCUT2D eigenvalue weighted by atomic mass is 19.4. The topological polar surface area (TPSA) is 62.1 Å². The number of furan rings is 1. The third-order valence-electron chi connectivity index (χ3n) is 4.96. The van der Waals surface area contributed by atoms with Crippen LogP contribution in [0.1, 0.15) is 28.4 Å². The number of halogens is 6. The molecule has 3 heterocycles. The molecule has 1 aromatic carbocycles. The van der Waals surface area contributed by atoms with Crippen molar-refractivity contribution in [2.45, 2.75) is 31.9 Å². The average molecular weight is 443 g/mol. The standard InChI is InChI=1S/C20H15F6N3O2/c21-19(22,23)14-4-2-1-3-12(14)16-6-5-11(31-16)9-29-8-7-15-13(10-29)17(30)28-18(27-15)20(24,25)26/h1-6H,7-10H2,(H,27,28,30). The van der Waals surface area contributed by atoms with Gasteiger partial charge in [0.25, 0.3) is 5.56 Å². The first-order valence-electron chi connectivity index (χ1n) is 9.19. The van der Waals surface area contributed by atoms with Gasteiger partial charge in [-0.3, -0.25) is 9.69 Å². The molecule has 0 bridgehead atoms. The Bertz CT molecular complexity index is 1160. The van der Waals surface area contributed by atoms with Gasteiger partial charge in [0.05, 0.1) is 23.4 Å². The molecule has 0 fully saturated rings.